The first-order chi connectivity index (χ1) is 9.12. The fraction of sp³-hybridized carbons (Fsp3) is 0.533. The number of likely N-dealkylation sites (N-methyl/N-ethyl adjacent to an activating group) is 1. The van der Waals surface area contributed by atoms with Crippen LogP contribution in [0.4, 0.5) is 0 Å². The zero-order valence-electron chi connectivity index (χ0n) is 12.1. The van der Waals surface area contributed by atoms with Crippen molar-refractivity contribution in [2.45, 2.75) is 25.8 Å². The highest BCUT2D eigenvalue weighted by Crippen LogP contribution is 2.27. The van der Waals surface area contributed by atoms with E-state index in [-0.39, 0.29) is 6.04 Å². The molecule has 0 spiro atoms. The molecule has 0 saturated heterocycles. The van der Waals surface area contributed by atoms with Crippen LogP contribution in [0.2, 0.25) is 0 Å². The molecule has 0 N–H and O–H groups in total. The second-order valence-electron chi connectivity index (χ2n) is 4.63. The van der Waals surface area contributed by atoms with Crippen LogP contribution in [-0.4, -0.2) is 38.8 Å². The van der Waals surface area contributed by atoms with E-state index in [0.717, 1.165) is 24.5 Å². The summed E-state index contributed by atoms with van der Waals surface area (Å²) in [6, 6.07) is 8.46. The van der Waals surface area contributed by atoms with E-state index in [0.29, 0.717) is 6.42 Å². The summed E-state index contributed by atoms with van der Waals surface area (Å²) in [6.45, 7) is 2.98. The molecule has 1 unspecified atom stereocenters. The van der Waals surface area contributed by atoms with Crippen LogP contribution < -0.4 is 9.47 Å². The van der Waals surface area contributed by atoms with Crippen molar-refractivity contribution in [3.63, 3.8) is 0 Å². The molecular formula is C15H22N2O2. The van der Waals surface area contributed by atoms with Crippen molar-refractivity contribution < 1.29 is 9.47 Å². The molecule has 0 radical (unpaired) electrons. The first kappa shape index (κ1) is 15.3. The number of nitrogens with zero attached hydrogens (tertiary/aromatic N) is 2. The van der Waals surface area contributed by atoms with Crippen LogP contribution in [-0.2, 0) is 6.42 Å². The standard InChI is InChI=1S/C15H22N2O2/c1-12(7-9-16)17(2)10-8-13-5-6-14(18-3)15(11-13)19-4/h5-6,11-12H,7-8,10H2,1-4H3. The third-order valence-electron chi connectivity index (χ3n) is 3.34. The van der Waals surface area contributed by atoms with Gasteiger partial charge in [0.1, 0.15) is 0 Å². The maximum absolute atomic E-state index is 8.69. The van der Waals surface area contributed by atoms with E-state index < -0.39 is 0 Å². The van der Waals surface area contributed by atoms with E-state index >= 15 is 0 Å². The molecule has 0 saturated carbocycles. The Hall–Kier alpha value is -1.73. The Morgan fingerprint density at radius 1 is 1.26 bits per heavy atom. The van der Waals surface area contributed by atoms with E-state index in [2.05, 4.69) is 17.9 Å². The van der Waals surface area contributed by atoms with Gasteiger partial charge < -0.3 is 14.4 Å². The molecule has 1 aromatic rings. The van der Waals surface area contributed by atoms with Gasteiger partial charge in [0.2, 0.25) is 0 Å². The molecule has 19 heavy (non-hydrogen) atoms. The van der Waals surface area contributed by atoms with Crippen LogP contribution in [0.25, 0.3) is 0 Å². The number of benzene rings is 1. The lowest BCUT2D eigenvalue weighted by molar-refractivity contribution is 0.264. The van der Waals surface area contributed by atoms with E-state index in [1.54, 1.807) is 14.2 Å². The second-order valence-corrected chi connectivity index (χ2v) is 4.63. The van der Waals surface area contributed by atoms with Gasteiger partial charge in [-0.2, -0.15) is 5.26 Å². The first-order valence-electron chi connectivity index (χ1n) is 6.40. The van der Waals surface area contributed by atoms with Crippen molar-refractivity contribution in [1.82, 2.24) is 4.90 Å². The molecule has 0 aromatic heterocycles. The van der Waals surface area contributed by atoms with Crippen molar-refractivity contribution in [1.29, 1.82) is 5.26 Å². The van der Waals surface area contributed by atoms with Crippen molar-refractivity contribution in [3.05, 3.63) is 23.8 Å². The highest BCUT2D eigenvalue weighted by molar-refractivity contribution is 5.42. The number of methoxy groups -OCH3 is 2. The minimum Gasteiger partial charge on any atom is -0.493 e. The Kier molecular flexibility index (Phi) is 6.17. The predicted molar refractivity (Wildman–Crippen MR) is 75.6 cm³/mol. The van der Waals surface area contributed by atoms with Crippen LogP contribution in [0.15, 0.2) is 18.2 Å². The molecule has 1 aromatic carbocycles. The van der Waals surface area contributed by atoms with Gasteiger partial charge in [0, 0.05) is 12.6 Å². The van der Waals surface area contributed by atoms with Crippen LogP contribution >= 0.6 is 0 Å². The maximum Gasteiger partial charge on any atom is 0.160 e. The van der Waals surface area contributed by atoms with Gasteiger partial charge >= 0.3 is 0 Å². The summed E-state index contributed by atoms with van der Waals surface area (Å²) in [6.07, 6.45) is 1.48. The van der Waals surface area contributed by atoms with Crippen molar-refractivity contribution in [2.24, 2.45) is 0 Å². The molecule has 1 rings (SSSR count). The number of ether oxygens (including phenoxy) is 2. The molecule has 0 aliphatic heterocycles. The molecule has 104 valence electrons. The number of hydrogen-bond donors (Lipinski definition) is 0. The highest BCUT2D eigenvalue weighted by atomic mass is 16.5. The van der Waals surface area contributed by atoms with Gasteiger partial charge in [-0.1, -0.05) is 6.07 Å². The molecule has 1 atom stereocenters. The molecule has 0 fully saturated rings. The largest absolute Gasteiger partial charge is 0.493 e. The highest BCUT2D eigenvalue weighted by Gasteiger charge is 2.09. The normalized spacial score (nSPS) is 12.0. The van der Waals surface area contributed by atoms with E-state index in [4.69, 9.17) is 14.7 Å². The fourth-order valence-electron chi connectivity index (χ4n) is 1.85. The SMILES string of the molecule is COc1ccc(CCN(C)C(C)CC#N)cc1OC. The van der Waals surface area contributed by atoms with Gasteiger partial charge in [0.15, 0.2) is 11.5 Å². The monoisotopic (exact) mass is 262 g/mol. The lowest BCUT2D eigenvalue weighted by Crippen LogP contribution is -2.30. The van der Waals surface area contributed by atoms with Crippen LogP contribution in [0.3, 0.4) is 0 Å². The van der Waals surface area contributed by atoms with Crippen molar-refractivity contribution in [2.75, 3.05) is 27.8 Å². The summed E-state index contributed by atoms with van der Waals surface area (Å²) in [5.74, 6) is 1.50. The summed E-state index contributed by atoms with van der Waals surface area (Å²) < 4.78 is 10.5. The van der Waals surface area contributed by atoms with E-state index in [1.807, 2.05) is 25.2 Å². The number of rotatable bonds is 7. The summed E-state index contributed by atoms with van der Waals surface area (Å²) in [5, 5.41) is 8.69. The predicted octanol–water partition coefficient (Wildman–Crippen LogP) is 2.48. The molecular weight excluding hydrogens is 240 g/mol. The summed E-state index contributed by atoms with van der Waals surface area (Å²) in [4.78, 5) is 2.19. The van der Waals surface area contributed by atoms with Gasteiger partial charge in [-0.3, -0.25) is 0 Å². The molecule has 0 aliphatic carbocycles. The van der Waals surface area contributed by atoms with Crippen molar-refractivity contribution in [3.8, 4) is 17.6 Å². The molecule has 0 amide bonds. The van der Waals surface area contributed by atoms with Crippen LogP contribution in [0.5, 0.6) is 11.5 Å². The minimum absolute atomic E-state index is 0.283. The average molecular weight is 262 g/mol. The third kappa shape index (κ3) is 4.46. The Labute approximate surface area is 115 Å². The lowest BCUT2D eigenvalue weighted by Gasteiger charge is -2.22. The Morgan fingerprint density at radius 3 is 2.53 bits per heavy atom. The Balaban J connectivity index is 2.61. The van der Waals surface area contributed by atoms with Gasteiger partial charge in [-0.05, 0) is 38.1 Å². The smallest absolute Gasteiger partial charge is 0.160 e. The van der Waals surface area contributed by atoms with Crippen LogP contribution in [0, 0.1) is 11.3 Å². The topological polar surface area (TPSA) is 45.5 Å². The van der Waals surface area contributed by atoms with E-state index in [9.17, 15) is 0 Å². The average Bonchev–Trinajstić information content (AvgIpc) is 2.44. The molecule has 0 heterocycles. The Morgan fingerprint density at radius 2 is 1.95 bits per heavy atom. The quantitative estimate of drug-likeness (QED) is 0.757. The molecule has 4 heteroatoms. The lowest BCUT2D eigenvalue weighted by atomic mass is 10.1. The van der Waals surface area contributed by atoms with Gasteiger partial charge in [0.05, 0.1) is 26.7 Å². The number of nitriles is 1. The van der Waals surface area contributed by atoms with E-state index in [1.165, 1.54) is 5.56 Å². The zero-order chi connectivity index (χ0) is 14.3. The number of hydrogen-bond acceptors (Lipinski definition) is 4. The summed E-state index contributed by atoms with van der Waals surface area (Å²) >= 11 is 0. The fourth-order valence-corrected chi connectivity index (χ4v) is 1.85. The molecule has 0 aliphatic rings. The second kappa shape index (κ2) is 7.65. The van der Waals surface area contributed by atoms with Gasteiger partial charge in [-0.25, -0.2) is 0 Å². The molecule has 4 nitrogen and oxygen atoms in total. The Bertz CT molecular complexity index is 440. The van der Waals surface area contributed by atoms with Gasteiger partial charge in [-0.15, -0.1) is 0 Å². The van der Waals surface area contributed by atoms with Crippen molar-refractivity contribution >= 4 is 0 Å². The van der Waals surface area contributed by atoms with Gasteiger partial charge in [0.25, 0.3) is 0 Å². The molecule has 0 bridgehead atoms. The summed E-state index contributed by atoms with van der Waals surface area (Å²) in [7, 11) is 5.32. The minimum atomic E-state index is 0.283. The third-order valence-corrected chi connectivity index (χ3v) is 3.34. The first-order valence-corrected chi connectivity index (χ1v) is 6.40. The zero-order valence-corrected chi connectivity index (χ0v) is 12.1. The summed E-state index contributed by atoms with van der Waals surface area (Å²) in [5.41, 5.74) is 1.20. The maximum atomic E-state index is 8.69. The van der Waals surface area contributed by atoms with Crippen LogP contribution in [0.1, 0.15) is 18.9 Å².